The van der Waals surface area contributed by atoms with Gasteiger partial charge in [-0.15, -0.1) is 24.0 Å². The molecular formula is C18H33IN6O. The van der Waals surface area contributed by atoms with Crippen LogP contribution in [0.1, 0.15) is 38.2 Å². The van der Waals surface area contributed by atoms with Crippen LogP contribution in [0, 0.1) is 12.3 Å². The van der Waals surface area contributed by atoms with Crippen LogP contribution in [0.5, 0.6) is 0 Å². The number of nitrogens with zero attached hydrogens (tertiary/aromatic N) is 4. The predicted molar refractivity (Wildman–Crippen MR) is 116 cm³/mol. The molecule has 1 heterocycles. The van der Waals surface area contributed by atoms with Gasteiger partial charge in [-0.2, -0.15) is 5.10 Å². The molecule has 0 radical (unpaired) electrons. The van der Waals surface area contributed by atoms with Crippen LogP contribution in [0.15, 0.2) is 17.4 Å². The van der Waals surface area contributed by atoms with Crippen LogP contribution in [0.4, 0.5) is 0 Å². The van der Waals surface area contributed by atoms with Crippen LogP contribution in [0.3, 0.4) is 0 Å². The second-order valence-corrected chi connectivity index (χ2v) is 7.09. The molecule has 1 aliphatic carbocycles. The fraction of sp³-hybridized carbons (Fsp3) is 0.722. The highest BCUT2D eigenvalue weighted by atomic mass is 127. The Balaban J connectivity index is 0.00000338. The molecule has 1 saturated carbocycles. The predicted octanol–water partition coefficient (Wildman–Crippen LogP) is 2.01. The lowest BCUT2D eigenvalue weighted by molar-refractivity contribution is -0.138. The van der Waals surface area contributed by atoms with Crippen molar-refractivity contribution in [2.24, 2.45) is 10.4 Å². The molecule has 2 rings (SSSR count). The first kappa shape index (κ1) is 22.7. The smallest absolute Gasteiger partial charge is 0.230 e. The van der Waals surface area contributed by atoms with Gasteiger partial charge in [-0.25, -0.2) is 0 Å². The molecule has 1 aromatic heterocycles. The molecule has 8 heteroatoms. The van der Waals surface area contributed by atoms with E-state index in [1.165, 1.54) is 0 Å². The number of aromatic nitrogens is 2. The van der Waals surface area contributed by atoms with E-state index in [1.54, 1.807) is 4.90 Å². The summed E-state index contributed by atoms with van der Waals surface area (Å²) in [6.07, 6.45) is 7.96. The third kappa shape index (κ3) is 6.14. The number of guanidine groups is 1. The molecule has 2 N–H and O–H groups in total. The Morgan fingerprint density at radius 1 is 1.35 bits per heavy atom. The molecule has 1 amide bonds. The SMILES string of the molecule is CCNC(=NCC1(C(=O)N(C)C)CCCC1)NCCn1cc(C)cn1.I. The van der Waals surface area contributed by atoms with Crippen molar-refractivity contribution in [2.45, 2.75) is 46.1 Å². The summed E-state index contributed by atoms with van der Waals surface area (Å²) in [7, 11) is 3.67. The topological polar surface area (TPSA) is 74.6 Å². The molecule has 148 valence electrons. The van der Waals surface area contributed by atoms with Crippen molar-refractivity contribution >= 4 is 35.8 Å². The molecule has 1 aromatic rings. The normalized spacial score (nSPS) is 16.1. The highest BCUT2D eigenvalue weighted by Gasteiger charge is 2.41. The van der Waals surface area contributed by atoms with Crippen molar-refractivity contribution in [3.63, 3.8) is 0 Å². The van der Waals surface area contributed by atoms with Gasteiger partial charge in [0, 0.05) is 33.4 Å². The van der Waals surface area contributed by atoms with E-state index in [0.717, 1.165) is 56.8 Å². The summed E-state index contributed by atoms with van der Waals surface area (Å²) in [6.45, 7) is 6.93. The molecule has 26 heavy (non-hydrogen) atoms. The number of hydrogen-bond acceptors (Lipinski definition) is 3. The summed E-state index contributed by atoms with van der Waals surface area (Å²) in [5, 5.41) is 10.9. The Hall–Kier alpha value is -1.32. The van der Waals surface area contributed by atoms with Crippen molar-refractivity contribution in [3.8, 4) is 0 Å². The molecule has 0 aliphatic heterocycles. The summed E-state index contributed by atoms with van der Waals surface area (Å²) in [6, 6.07) is 0. The minimum absolute atomic E-state index is 0. The van der Waals surface area contributed by atoms with E-state index < -0.39 is 0 Å². The first-order valence-electron chi connectivity index (χ1n) is 9.20. The molecular weight excluding hydrogens is 443 g/mol. The third-order valence-electron chi connectivity index (χ3n) is 4.70. The summed E-state index contributed by atoms with van der Waals surface area (Å²) in [5.41, 5.74) is 0.830. The van der Waals surface area contributed by atoms with Crippen LogP contribution in [0.2, 0.25) is 0 Å². The molecule has 0 aromatic carbocycles. The van der Waals surface area contributed by atoms with Gasteiger partial charge in [0.25, 0.3) is 0 Å². The Kier molecular flexibility index (Phi) is 9.38. The number of aliphatic imine (C=N–C) groups is 1. The first-order valence-corrected chi connectivity index (χ1v) is 9.20. The number of aryl methyl sites for hydroxylation is 1. The largest absolute Gasteiger partial charge is 0.357 e. The van der Waals surface area contributed by atoms with E-state index in [-0.39, 0.29) is 35.3 Å². The standard InChI is InChI=1S/C18H32N6O.HI/c1-5-19-17(20-10-11-24-13-15(2)12-22-24)21-14-18(8-6-7-9-18)16(25)23(3)4;/h12-13H,5-11,14H2,1-4H3,(H2,19,20,21);1H. The molecule has 0 saturated heterocycles. The zero-order valence-electron chi connectivity index (χ0n) is 16.4. The third-order valence-corrected chi connectivity index (χ3v) is 4.70. The molecule has 0 bridgehead atoms. The maximum Gasteiger partial charge on any atom is 0.230 e. The molecule has 1 fully saturated rings. The lowest BCUT2D eigenvalue weighted by Crippen LogP contribution is -2.43. The van der Waals surface area contributed by atoms with Gasteiger partial charge in [-0.05, 0) is 32.3 Å². The fourth-order valence-electron chi connectivity index (χ4n) is 3.42. The number of nitrogens with one attached hydrogen (secondary N) is 2. The van der Waals surface area contributed by atoms with Crippen LogP contribution in [0.25, 0.3) is 0 Å². The summed E-state index contributed by atoms with van der Waals surface area (Å²) in [5.74, 6) is 0.973. The highest BCUT2D eigenvalue weighted by molar-refractivity contribution is 14.0. The van der Waals surface area contributed by atoms with Crippen LogP contribution in [-0.2, 0) is 11.3 Å². The van der Waals surface area contributed by atoms with Gasteiger partial charge in [0.2, 0.25) is 5.91 Å². The van der Waals surface area contributed by atoms with Crippen molar-refractivity contribution in [1.29, 1.82) is 0 Å². The van der Waals surface area contributed by atoms with Gasteiger partial charge < -0.3 is 15.5 Å². The van der Waals surface area contributed by atoms with E-state index in [9.17, 15) is 4.79 Å². The average Bonchev–Trinajstić information content (AvgIpc) is 3.22. The maximum absolute atomic E-state index is 12.6. The van der Waals surface area contributed by atoms with Crippen LogP contribution in [-0.4, -0.2) is 60.3 Å². The Morgan fingerprint density at radius 2 is 2.04 bits per heavy atom. The monoisotopic (exact) mass is 476 g/mol. The van der Waals surface area contributed by atoms with Gasteiger partial charge in [0.1, 0.15) is 0 Å². The summed E-state index contributed by atoms with van der Waals surface area (Å²) < 4.78 is 1.92. The second kappa shape index (κ2) is 10.7. The minimum atomic E-state index is -0.328. The zero-order chi connectivity index (χ0) is 18.3. The van der Waals surface area contributed by atoms with Gasteiger partial charge in [-0.1, -0.05) is 12.8 Å². The molecule has 0 unspecified atom stereocenters. The van der Waals surface area contributed by atoms with Gasteiger partial charge in [0.15, 0.2) is 5.96 Å². The van der Waals surface area contributed by atoms with Gasteiger partial charge >= 0.3 is 0 Å². The van der Waals surface area contributed by atoms with Crippen molar-refractivity contribution in [3.05, 3.63) is 18.0 Å². The number of rotatable bonds is 7. The fourth-order valence-corrected chi connectivity index (χ4v) is 3.42. The second-order valence-electron chi connectivity index (χ2n) is 7.09. The number of amides is 1. The number of carbonyl (C=O) groups excluding carboxylic acids is 1. The van der Waals surface area contributed by atoms with Gasteiger partial charge in [-0.3, -0.25) is 14.5 Å². The van der Waals surface area contributed by atoms with E-state index in [4.69, 9.17) is 4.99 Å². The Labute approximate surface area is 174 Å². The Morgan fingerprint density at radius 3 is 2.58 bits per heavy atom. The average molecular weight is 476 g/mol. The van der Waals surface area contributed by atoms with E-state index in [0.29, 0.717) is 6.54 Å². The number of carbonyl (C=O) groups is 1. The lowest BCUT2D eigenvalue weighted by Gasteiger charge is -2.29. The minimum Gasteiger partial charge on any atom is -0.357 e. The van der Waals surface area contributed by atoms with Crippen molar-refractivity contribution in [2.75, 3.05) is 33.7 Å². The van der Waals surface area contributed by atoms with E-state index in [2.05, 4.69) is 15.7 Å². The van der Waals surface area contributed by atoms with E-state index >= 15 is 0 Å². The quantitative estimate of drug-likeness (QED) is 0.359. The van der Waals surface area contributed by atoms with Crippen molar-refractivity contribution in [1.82, 2.24) is 25.3 Å². The summed E-state index contributed by atoms with van der Waals surface area (Å²) >= 11 is 0. The highest BCUT2D eigenvalue weighted by Crippen LogP contribution is 2.39. The number of hydrogen-bond donors (Lipinski definition) is 2. The molecule has 7 nitrogen and oxygen atoms in total. The molecule has 1 aliphatic rings. The lowest BCUT2D eigenvalue weighted by atomic mass is 9.85. The summed E-state index contributed by atoms with van der Waals surface area (Å²) in [4.78, 5) is 19.1. The van der Waals surface area contributed by atoms with Crippen LogP contribution >= 0.6 is 24.0 Å². The van der Waals surface area contributed by atoms with Gasteiger partial charge in [0.05, 0.1) is 24.7 Å². The van der Waals surface area contributed by atoms with E-state index in [1.807, 2.05) is 45.0 Å². The molecule has 0 spiro atoms. The van der Waals surface area contributed by atoms with Crippen molar-refractivity contribution < 1.29 is 4.79 Å². The number of halogens is 1. The maximum atomic E-state index is 12.6. The zero-order valence-corrected chi connectivity index (χ0v) is 18.7. The Bertz CT molecular complexity index is 592. The molecule has 0 atom stereocenters. The first-order chi connectivity index (χ1) is 12.0. The van der Waals surface area contributed by atoms with Crippen LogP contribution < -0.4 is 10.6 Å².